The van der Waals surface area contributed by atoms with Crippen LogP contribution in [0.15, 0.2) is 54.7 Å². The van der Waals surface area contributed by atoms with Crippen molar-refractivity contribution in [2.24, 2.45) is 5.92 Å². The first-order valence-electron chi connectivity index (χ1n) is 13.6. The van der Waals surface area contributed by atoms with E-state index in [-0.39, 0.29) is 29.4 Å². The third kappa shape index (κ3) is 5.15. The minimum Gasteiger partial charge on any atom is -0.495 e. The molecular weight excluding hydrogens is 532 g/mol. The zero-order valence-electron chi connectivity index (χ0n) is 22.8. The van der Waals surface area contributed by atoms with Gasteiger partial charge in [-0.05, 0) is 62.2 Å². The number of ether oxygens (including phenoxy) is 1. The highest BCUT2D eigenvalue weighted by Crippen LogP contribution is 2.40. The number of alkyl halides is 2. The molecule has 1 aromatic heterocycles. The van der Waals surface area contributed by atoms with E-state index >= 15 is 0 Å². The van der Waals surface area contributed by atoms with Crippen LogP contribution < -0.4 is 25.2 Å². The Morgan fingerprint density at radius 3 is 2.56 bits per heavy atom. The van der Waals surface area contributed by atoms with Gasteiger partial charge in [0.15, 0.2) is 5.82 Å². The van der Waals surface area contributed by atoms with Crippen LogP contribution in [0.4, 0.5) is 37.6 Å². The lowest BCUT2D eigenvalue weighted by molar-refractivity contribution is -0.140. The molecule has 1 unspecified atom stereocenters. The van der Waals surface area contributed by atoms with Gasteiger partial charge in [-0.3, -0.25) is 9.59 Å². The summed E-state index contributed by atoms with van der Waals surface area (Å²) in [7, 11) is 2.77. The summed E-state index contributed by atoms with van der Waals surface area (Å²) in [6.07, 6.45) is 3.53. The average Bonchev–Trinajstić information content (AvgIpc) is 3.07. The van der Waals surface area contributed by atoms with E-state index < -0.39 is 18.4 Å². The van der Waals surface area contributed by atoms with Gasteiger partial charge in [-0.25, -0.2) is 4.98 Å². The molecule has 4 aliphatic heterocycles. The van der Waals surface area contributed by atoms with E-state index in [0.717, 1.165) is 37.4 Å². The Morgan fingerprint density at radius 1 is 1.12 bits per heavy atom. The first-order chi connectivity index (χ1) is 19.7. The fraction of sp³-hybridized carbons (Fsp3) is 0.379. The summed E-state index contributed by atoms with van der Waals surface area (Å²) in [5, 5.41) is 6.26. The molecular formula is C29H31F2N7O3. The number of carbonyl (C=O) groups excluding carboxylic acids is 2. The lowest BCUT2D eigenvalue weighted by atomic mass is 9.84. The number of piperidine rings is 3. The van der Waals surface area contributed by atoms with Gasteiger partial charge in [-0.2, -0.15) is 13.8 Å². The van der Waals surface area contributed by atoms with Gasteiger partial charge < -0.3 is 30.1 Å². The predicted molar refractivity (Wildman–Crippen MR) is 151 cm³/mol. The van der Waals surface area contributed by atoms with Crippen LogP contribution in [0, 0.1) is 5.92 Å². The fourth-order valence-corrected chi connectivity index (χ4v) is 5.82. The number of nitrogens with one attached hydrogen (secondary N) is 2. The Morgan fingerprint density at radius 2 is 1.88 bits per heavy atom. The van der Waals surface area contributed by atoms with Gasteiger partial charge in [0.1, 0.15) is 11.4 Å². The fourth-order valence-electron chi connectivity index (χ4n) is 5.82. The summed E-state index contributed by atoms with van der Waals surface area (Å²) in [4.78, 5) is 39.0. The Hall–Kier alpha value is -4.32. The molecule has 4 aliphatic rings. The van der Waals surface area contributed by atoms with Crippen molar-refractivity contribution < 1.29 is 23.1 Å². The molecule has 41 heavy (non-hydrogen) atoms. The molecule has 2 amide bonds. The number of methoxy groups -OCH3 is 1. The largest absolute Gasteiger partial charge is 0.495 e. The van der Waals surface area contributed by atoms with Crippen LogP contribution in [0.3, 0.4) is 0 Å². The van der Waals surface area contributed by atoms with E-state index in [1.807, 2.05) is 0 Å². The number of nitrogens with zero attached hydrogens (tertiary/aromatic N) is 5. The minimum atomic E-state index is -3.65. The van der Waals surface area contributed by atoms with Crippen LogP contribution >= 0.6 is 0 Å². The maximum absolute atomic E-state index is 14.9. The van der Waals surface area contributed by atoms with Gasteiger partial charge in [-0.15, -0.1) is 0 Å². The number of benzene rings is 2. The van der Waals surface area contributed by atoms with E-state index in [2.05, 4.69) is 25.5 Å². The average molecular weight is 564 g/mol. The number of hydrogen-bond donors (Lipinski definition) is 2. The van der Waals surface area contributed by atoms with E-state index in [1.54, 1.807) is 48.5 Å². The molecule has 7 rings (SSSR count). The molecule has 0 radical (unpaired) electrons. The highest BCUT2D eigenvalue weighted by molar-refractivity contribution is 6.02. The Labute approximate surface area is 236 Å². The molecule has 2 bridgehead atoms. The number of para-hydroxylation sites is 1. The summed E-state index contributed by atoms with van der Waals surface area (Å²) in [5.41, 5.74) is 1.55. The van der Waals surface area contributed by atoms with E-state index in [4.69, 9.17) is 4.74 Å². The van der Waals surface area contributed by atoms with Crippen LogP contribution in [0.25, 0.3) is 0 Å². The van der Waals surface area contributed by atoms with Gasteiger partial charge in [0.25, 0.3) is 11.8 Å². The standard InChI is InChI=1S/C29H31F2N7O3/c1-36-23-15-32-28(35-25(23)38(17-29(30,31)27(36)40)20-6-4-3-5-7-20)34-21-9-8-19(14-24(21)41-2)26(39)33-22-16-37-12-10-18(22)11-13-37/h3-9,14-15,18,22H,10-13,16-17H2,1-2H3,(H,33,39)(H,32,34,35). The van der Waals surface area contributed by atoms with Gasteiger partial charge >= 0.3 is 5.92 Å². The number of aromatic nitrogens is 2. The van der Waals surface area contributed by atoms with Gasteiger partial charge in [0, 0.05) is 30.9 Å². The summed E-state index contributed by atoms with van der Waals surface area (Å²) in [6.45, 7) is 2.17. The molecule has 3 saturated heterocycles. The minimum absolute atomic E-state index is 0.110. The van der Waals surface area contributed by atoms with Crippen molar-refractivity contribution in [1.29, 1.82) is 0 Å². The molecule has 0 aliphatic carbocycles. The van der Waals surface area contributed by atoms with Gasteiger partial charge in [0.05, 0.1) is 25.5 Å². The van der Waals surface area contributed by atoms with Gasteiger partial charge in [0.2, 0.25) is 5.95 Å². The molecule has 5 heterocycles. The third-order valence-electron chi connectivity index (χ3n) is 8.09. The molecule has 0 spiro atoms. The van der Waals surface area contributed by atoms with Crippen LogP contribution in [0.5, 0.6) is 5.75 Å². The summed E-state index contributed by atoms with van der Waals surface area (Å²) < 4.78 is 35.4. The molecule has 1 atom stereocenters. The molecule has 2 aromatic carbocycles. The molecule has 10 nitrogen and oxygen atoms in total. The summed E-state index contributed by atoms with van der Waals surface area (Å²) in [5.74, 6) is -4.00. The Kier molecular flexibility index (Phi) is 6.94. The highest BCUT2D eigenvalue weighted by atomic mass is 19.3. The second-order valence-electron chi connectivity index (χ2n) is 10.7. The number of amides is 2. The summed E-state index contributed by atoms with van der Waals surface area (Å²) in [6, 6.07) is 13.7. The molecule has 3 aromatic rings. The van der Waals surface area contributed by atoms with Crippen molar-refractivity contribution in [2.75, 3.05) is 55.5 Å². The van der Waals surface area contributed by atoms with E-state index in [1.165, 1.54) is 25.3 Å². The lowest BCUT2D eigenvalue weighted by Crippen LogP contribution is -2.57. The highest BCUT2D eigenvalue weighted by Gasteiger charge is 2.47. The number of carbonyl (C=O) groups is 2. The van der Waals surface area contributed by atoms with Gasteiger partial charge in [-0.1, -0.05) is 18.2 Å². The van der Waals surface area contributed by atoms with E-state index in [0.29, 0.717) is 28.6 Å². The Bertz CT molecular complexity index is 1460. The van der Waals surface area contributed by atoms with Crippen LogP contribution in [0.2, 0.25) is 0 Å². The van der Waals surface area contributed by atoms with Crippen molar-refractivity contribution in [1.82, 2.24) is 20.2 Å². The van der Waals surface area contributed by atoms with Crippen LogP contribution in [-0.4, -0.2) is 79.0 Å². The second-order valence-corrected chi connectivity index (χ2v) is 10.7. The van der Waals surface area contributed by atoms with Crippen molar-refractivity contribution >= 4 is 40.6 Å². The monoisotopic (exact) mass is 563 g/mol. The van der Waals surface area contributed by atoms with Crippen molar-refractivity contribution in [3.63, 3.8) is 0 Å². The number of hydrogen-bond acceptors (Lipinski definition) is 8. The zero-order valence-corrected chi connectivity index (χ0v) is 22.8. The SMILES string of the molecule is COc1cc(C(=O)NC2CN3CCC2CC3)ccc1Nc1ncc2c(n1)N(c1ccccc1)CC(F)(F)C(=O)N2C. The van der Waals surface area contributed by atoms with Crippen LogP contribution in [0.1, 0.15) is 23.2 Å². The zero-order chi connectivity index (χ0) is 28.7. The van der Waals surface area contributed by atoms with Crippen LogP contribution in [-0.2, 0) is 4.79 Å². The number of fused-ring (bicyclic) bond motifs is 4. The smallest absolute Gasteiger partial charge is 0.342 e. The first-order valence-corrected chi connectivity index (χ1v) is 13.6. The van der Waals surface area contributed by atoms with E-state index in [9.17, 15) is 18.4 Å². The molecule has 2 N–H and O–H groups in total. The molecule has 0 saturated carbocycles. The molecule has 12 heteroatoms. The maximum atomic E-state index is 14.9. The normalized spacial score (nSPS) is 23.0. The van der Waals surface area contributed by atoms with Crippen molar-refractivity contribution in [2.45, 2.75) is 24.8 Å². The summed E-state index contributed by atoms with van der Waals surface area (Å²) >= 11 is 0. The third-order valence-corrected chi connectivity index (χ3v) is 8.09. The van der Waals surface area contributed by atoms with Crippen molar-refractivity contribution in [3.8, 4) is 5.75 Å². The topological polar surface area (TPSA) is 103 Å². The van der Waals surface area contributed by atoms with Crippen molar-refractivity contribution in [3.05, 3.63) is 60.3 Å². The second kappa shape index (κ2) is 10.6. The number of rotatable bonds is 6. The maximum Gasteiger partial charge on any atom is 0.342 e. The molecule has 3 fully saturated rings. The number of anilines is 5. The predicted octanol–water partition coefficient (Wildman–Crippen LogP) is 3.80. The quantitative estimate of drug-likeness (QED) is 0.467. The number of halogens is 2. The Balaban J connectivity index is 1.27. The lowest BCUT2D eigenvalue weighted by Gasteiger charge is -2.44. The first kappa shape index (κ1) is 26.9. The molecule has 214 valence electrons.